The maximum Gasteiger partial charge on any atom is 0.232 e. The molecule has 0 N–H and O–H groups in total. The van der Waals surface area contributed by atoms with Crippen LogP contribution in [0, 0.1) is 0 Å². The lowest BCUT2D eigenvalue weighted by Gasteiger charge is -2.31. The summed E-state index contributed by atoms with van der Waals surface area (Å²) in [6, 6.07) is 0. The molecule has 1 rings (SSSR count). The first-order valence-corrected chi connectivity index (χ1v) is 6.15. The van der Waals surface area contributed by atoms with Crippen molar-refractivity contribution < 1.29 is 9.53 Å². The zero-order valence-electron chi connectivity index (χ0n) is 7.66. The summed E-state index contributed by atoms with van der Waals surface area (Å²) in [5.41, 5.74) is 0. The van der Waals surface area contributed by atoms with Crippen molar-refractivity contribution in [3.05, 3.63) is 0 Å². The monoisotopic (exact) mass is 223 g/mol. The first-order valence-electron chi connectivity index (χ1n) is 4.22. The lowest BCUT2D eigenvalue weighted by Crippen LogP contribution is -2.46. The quantitative estimate of drug-likeness (QED) is 0.664. The zero-order chi connectivity index (χ0) is 9.68. The molecule has 1 saturated heterocycles. The second kappa shape index (κ2) is 5.73. The number of rotatable bonds is 3. The number of alkyl halides is 1. The molecule has 0 saturated carbocycles. The highest BCUT2D eigenvalue weighted by Crippen LogP contribution is 2.08. The molecule has 0 aromatic carbocycles. The van der Waals surface area contributed by atoms with E-state index in [0.29, 0.717) is 31.3 Å². The van der Waals surface area contributed by atoms with Gasteiger partial charge in [0.2, 0.25) is 5.91 Å². The molecule has 0 bridgehead atoms. The highest BCUT2D eigenvalue weighted by atomic mass is 35.5. The van der Waals surface area contributed by atoms with Crippen molar-refractivity contribution in [1.29, 1.82) is 0 Å². The third kappa shape index (κ3) is 3.37. The smallest absolute Gasteiger partial charge is 0.232 e. The van der Waals surface area contributed by atoms with Crippen molar-refractivity contribution in [2.45, 2.75) is 6.10 Å². The van der Waals surface area contributed by atoms with Crippen molar-refractivity contribution >= 4 is 29.3 Å². The Kier molecular flexibility index (Phi) is 4.91. The molecule has 5 heteroatoms. The van der Waals surface area contributed by atoms with Gasteiger partial charge in [0, 0.05) is 13.1 Å². The van der Waals surface area contributed by atoms with Crippen LogP contribution in [0.2, 0.25) is 0 Å². The van der Waals surface area contributed by atoms with Crippen LogP contribution in [0.25, 0.3) is 0 Å². The van der Waals surface area contributed by atoms with Crippen LogP contribution in [0.3, 0.4) is 0 Å². The van der Waals surface area contributed by atoms with Gasteiger partial charge in [0.25, 0.3) is 0 Å². The molecule has 76 valence electrons. The molecule has 1 fully saturated rings. The van der Waals surface area contributed by atoms with Crippen LogP contribution in [-0.4, -0.2) is 54.5 Å². The van der Waals surface area contributed by atoms with E-state index in [1.807, 2.05) is 11.2 Å². The van der Waals surface area contributed by atoms with E-state index >= 15 is 0 Å². The topological polar surface area (TPSA) is 29.5 Å². The molecule has 1 amide bonds. The van der Waals surface area contributed by atoms with Gasteiger partial charge < -0.3 is 9.64 Å². The standard InChI is InChI=1S/C8H14ClNO2S/c1-13-6-8(11)10-2-3-12-7(4-9)5-10/h7H,2-6H2,1H3. The van der Waals surface area contributed by atoms with Crippen LogP contribution in [0.4, 0.5) is 0 Å². The van der Waals surface area contributed by atoms with Crippen molar-refractivity contribution in [3.63, 3.8) is 0 Å². The van der Waals surface area contributed by atoms with E-state index in [1.54, 1.807) is 11.8 Å². The van der Waals surface area contributed by atoms with Crippen LogP contribution >= 0.6 is 23.4 Å². The predicted octanol–water partition coefficient (Wildman–Crippen LogP) is 0.816. The van der Waals surface area contributed by atoms with Gasteiger partial charge in [0.15, 0.2) is 0 Å². The molecule has 1 heterocycles. The Bertz CT molecular complexity index is 180. The van der Waals surface area contributed by atoms with E-state index in [9.17, 15) is 4.79 Å². The number of carbonyl (C=O) groups excluding carboxylic acids is 1. The van der Waals surface area contributed by atoms with Gasteiger partial charge in [-0.05, 0) is 6.26 Å². The number of hydrogen-bond donors (Lipinski definition) is 0. The average molecular weight is 224 g/mol. The summed E-state index contributed by atoms with van der Waals surface area (Å²) in [5.74, 6) is 1.20. The Balaban J connectivity index is 2.37. The number of carbonyl (C=O) groups is 1. The second-order valence-electron chi connectivity index (χ2n) is 2.92. The van der Waals surface area contributed by atoms with Gasteiger partial charge in [0.05, 0.1) is 24.3 Å². The van der Waals surface area contributed by atoms with Gasteiger partial charge in [0.1, 0.15) is 0 Å². The molecule has 0 aromatic heterocycles. The summed E-state index contributed by atoms with van der Waals surface area (Å²) >= 11 is 7.21. The van der Waals surface area contributed by atoms with Crippen molar-refractivity contribution in [2.24, 2.45) is 0 Å². The number of halogens is 1. The molecule has 1 unspecified atom stereocenters. The number of amides is 1. The number of ether oxygens (including phenoxy) is 1. The summed E-state index contributed by atoms with van der Waals surface area (Å²) in [6.07, 6.45) is 1.94. The Labute approximate surface area is 87.7 Å². The van der Waals surface area contributed by atoms with Crippen LogP contribution in [0.5, 0.6) is 0 Å². The molecule has 0 radical (unpaired) electrons. The lowest BCUT2D eigenvalue weighted by molar-refractivity contribution is -0.135. The van der Waals surface area contributed by atoms with Crippen LogP contribution < -0.4 is 0 Å². The summed E-state index contributed by atoms with van der Waals surface area (Å²) in [4.78, 5) is 13.3. The second-order valence-corrected chi connectivity index (χ2v) is 4.09. The van der Waals surface area contributed by atoms with Crippen LogP contribution in [0.15, 0.2) is 0 Å². The van der Waals surface area contributed by atoms with E-state index in [0.717, 1.165) is 0 Å². The Morgan fingerprint density at radius 2 is 2.54 bits per heavy atom. The largest absolute Gasteiger partial charge is 0.373 e. The highest BCUT2D eigenvalue weighted by Gasteiger charge is 2.22. The van der Waals surface area contributed by atoms with Crippen molar-refractivity contribution in [1.82, 2.24) is 4.90 Å². The molecule has 1 aliphatic heterocycles. The van der Waals surface area contributed by atoms with Crippen LogP contribution in [0.1, 0.15) is 0 Å². The fraction of sp³-hybridized carbons (Fsp3) is 0.875. The van der Waals surface area contributed by atoms with Gasteiger partial charge in [-0.1, -0.05) is 0 Å². The van der Waals surface area contributed by atoms with Gasteiger partial charge >= 0.3 is 0 Å². The fourth-order valence-corrected chi connectivity index (χ4v) is 1.87. The molecular weight excluding hydrogens is 210 g/mol. The molecule has 13 heavy (non-hydrogen) atoms. The Morgan fingerprint density at radius 1 is 1.77 bits per heavy atom. The molecule has 0 spiro atoms. The molecule has 1 aliphatic rings. The molecule has 0 aromatic rings. The summed E-state index contributed by atoms with van der Waals surface area (Å²) < 4.78 is 5.35. The van der Waals surface area contributed by atoms with E-state index < -0.39 is 0 Å². The Morgan fingerprint density at radius 3 is 3.15 bits per heavy atom. The first kappa shape index (κ1) is 11.1. The molecular formula is C8H14ClNO2S. The summed E-state index contributed by atoms with van der Waals surface area (Å²) in [6.45, 7) is 1.95. The first-order chi connectivity index (χ1) is 6.27. The molecule has 0 aliphatic carbocycles. The number of morpholine rings is 1. The van der Waals surface area contributed by atoms with Crippen LogP contribution in [-0.2, 0) is 9.53 Å². The van der Waals surface area contributed by atoms with Crippen molar-refractivity contribution in [3.8, 4) is 0 Å². The average Bonchev–Trinajstić information content (AvgIpc) is 2.18. The van der Waals surface area contributed by atoms with Gasteiger partial charge in [-0.15, -0.1) is 11.6 Å². The zero-order valence-corrected chi connectivity index (χ0v) is 9.24. The fourth-order valence-electron chi connectivity index (χ4n) is 1.25. The summed E-state index contributed by atoms with van der Waals surface area (Å²) in [5, 5.41) is 0. The minimum absolute atomic E-state index is 0.0150. The normalized spacial score (nSPS) is 23.2. The van der Waals surface area contributed by atoms with Gasteiger partial charge in [-0.25, -0.2) is 0 Å². The molecule has 1 atom stereocenters. The van der Waals surface area contributed by atoms with E-state index in [1.165, 1.54) is 0 Å². The molecule has 3 nitrogen and oxygen atoms in total. The number of thioether (sulfide) groups is 1. The maximum absolute atomic E-state index is 11.5. The maximum atomic E-state index is 11.5. The SMILES string of the molecule is CSCC(=O)N1CCOC(CCl)C1. The van der Waals surface area contributed by atoms with Crippen molar-refractivity contribution in [2.75, 3.05) is 37.6 Å². The Hall–Kier alpha value is 0.0700. The van der Waals surface area contributed by atoms with Gasteiger partial charge in [-0.2, -0.15) is 11.8 Å². The van der Waals surface area contributed by atoms with E-state index in [4.69, 9.17) is 16.3 Å². The number of hydrogen-bond acceptors (Lipinski definition) is 3. The third-order valence-corrected chi connectivity index (χ3v) is 2.81. The highest BCUT2D eigenvalue weighted by molar-refractivity contribution is 7.99. The van der Waals surface area contributed by atoms with Gasteiger partial charge in [-0.3, -0.25) is 4.79 Å². The minimum Gasteiger partial charge on any atom is -0.373 e. The minimum atomic E-state index is 0.0150. The lowest BCUT2D eigenvalue weighted by atomic mass is 10.3. The number of nitrogens with zero attached hydrogens (tertiary/aromatic N) is 1. The van der Waals surface area contributed by atoms with E-state index in [-0.39, 0.29) is 12.0 Å². The summed E-state index contributed by atoms with van der Waals surface area (Å²) in [7, 11) is 0. The van der Waals surface area contributed by atoms with E-state index in [2.05, 4.69) is 0 Å². The third-order valence-electron chi connectivity index (χ3n) is 1.93. The predicted molar refractivity (Wildman–Crippen MR) is 55.4 cm³/mol.